The molecule has 0 aliphatic rings. The summed E-state index contributed by atoms with van der Waals surface area (Å²) in [5, 5.41) is 0. The minimum Gasteiger partial charge on any atom is -0.461 e. The molecule has 0 heterocycles. The Bertz CT molecular complexity index is 362. The minimum atomic E-state index is -0.581. The Morgan fingerprint density at radius 1 is 1.22 bits per heavy atom. The van der Waals surface area contributed by atoms with Crippen LogP contribution in [0.1, 0.15) is 32.8 Å². The van der Waals surface area contributed by atoms with Crippen LogP contribution >= 0.6 is 0 Å². The predicted molar refractivity (Wildman–Crippen MR) is 73.1 cm³/mol. The van der Waals surface area contributed by atoms with Gasteiger partial charge >= 0.3 is 5.97 Å². The molecule has 0 aromatic heterocycles. The van der Waals surface area contributed by atoms with Crippen LogP contribution in [-0.4, -0.2) is 18.1 Å². The number of carbonyl (C=O) groups excluding carboxylic acids is 1. The number of rotatable bonds is 6. The smallest absolute Gasteiger partial charge is 0.323 e. The summed E-state index contributed by atoms with van der Waals surface area (Å²) in [6, 6.07) is 9.17. The van der Waals surface area contributed by atoms with Gasteiger partial charge in [0.1, 0.15) is 6.04 Å². The minimum absolute atomic E-state index is 0.0701. The van der Waals surface area contributed by atoms with E-state index in [0.29, 0.717) is 12.3 Å². The van der Waals surface area contributed by atoms with Crippen molar-refractivity contribution in [2.45, 2.75) is 45.8 Å². The number of hydrogen-bond donors (Lipinski definition) is 1. The molecule has 2 N–H and O–H groups in total. The lowest BCUT2D eigenvalue weighted by Gasteiger charge is -2.18. The summed E-state index contributed by atoms with van der Waals surface area (Å²) in [4.78, 5) is 11.8. The molecule has 2 atom stereocenters. The second-order valence-corrected chi connectivity index (χ2v) is 5.17. The molecular formula is C15H23NO2. The monoisotopic (exact) mass is 249 g/mol. The third-order valence-corrected chi connectivity index (χ3v) is 2.72. The number of esters is 1. The highest BCUT2D eigenvalue weighted by Gasteiger charge is 2.18. The maximum Gasteiger partial charge on any atom is 0.323 e. The normalized spacial score (nSPS) is 14.3. The molecule has 3 heteroatoms. The van der Waals surface area contributed by atoms with Crippen molar-refractivity contribution in [3.63, 3.8) is 0 Å². The Morgan fingerprint density at radius 3 is 2.39 bits per heavy atom. The Kier molecular flexibility index (Phi) is 5.86. The Hall–Kier alpha value is -1.35. The summed E-state index contributed by atoms with van der Waals surface area (Å²) < 4.78 is 5.33. The summed E-state index contributed by atoms with van der Waals surface area (Å²) in [6.07, 6.45) is 1.32. The third kappa shape index (κ3) is 5.32. The SMILES string of the molecule is CC(C)CC(C)OC(=O)[C@H](N)Cc1ccccc1. The van der Waals surface area contributed by atoms with Gasteiger partial charge in [-0.1, -0.05) is 44.2 Å². The van der Waals surface area contributed by atoms with Crippen molar-refractivity contribution in [3.05, 3.63) is 35.9 Å². The molecule has 1 aromatic carbocycles. The van der Waals surface area contributed by atoms with Crippen LogP contribution in [0.4, 0.5) is 0 Å². The van der Waals surface area contributed by atoms with E-state index in [4.69, 9.17) is 10.5 Å². The fourth-order valence-electron chi connectivity index (χ4n) is 1.95. The number of nitrogens with two attached hydrogens (primary N) is 1. The molecule has 18 heavy (non-hydrogen) atoms. The van der Waals surface area contributed by atoms with Crippen LogP contribution in [0.25, 0.3) is 0 Å². The zero-order chi connectivity index (χ0) is 13.5. The van der Waals surface area contributed by atoms with Gasteiger partial charge in [-0.2, -0.15) is 0 Å². The van der Waals surface area contributed by atoms with Crippen molar-refractivity contribution in [1.82, 2.24) is 0 Å². The van der Waals surface area contributed by atoms with Crippen LogP contribution in [0.5, 0.6) is 0 Å². The summed E-state index contributed by atoms with van der Waals surface area (Å²) in [5.74, 6) is 0.199. The largest absolute Gasteiger partial charge is 0.461 e. The van der Waals surface area contributed by atoms with Crippen LogP contribution in [-0.2, 0) is 16.0 Å². The second-order valence-electron chi connectivity index (χ2n) is 5.17. The molecule has 0 amide bonds. The Labute approximate surface area is 109 Å². The van der Waals surface area contributed by atoms with Crippen molar-refractivity contribution in [1.29, 1.82) is 0 Å². The topological polar surface area (TPSA) is 52.3 Å². The van der Waals surface area contributed by atoms with Gasteiger partial charge in [-0.25, -0.2) is 0 Å². The van der Waals surface area contributed by atoms with E-state index in [1.165, 1.54) is 0 Å². The van der Waals surface area contributed by atoms with Crippen molar-refractivity contribution in [2.24, 2.45) is 11.7 Å². The van der Waals surface area contributed by atoms with Gasteiger partial charge in [0.2, 0.25) is 0 Å². The van der Waals surface area contributed by atoms with Crippen molar-refractivity contribution < 1.29 is 9.53 Å². The summed E-state index contributed by atoms with van der Waals surface area (Å²) in [5.41, 5.74) is 6.91. The Morgan fingerprint density at radius 2 is 1.83 bits per heavy atom. The number of benzene rings is 1. The first kappa shape index (κ1) is 14.7. The lowest BCUT2D eigenvalue weighted by molar-refractivity contribution is -0.150. The van der Waals surface area contributed by atoms with Gasteiger partial charge in [0, 0.05) is 0 Å². The molecule has 0 radical (unpaired) electrons. The van der Waals surface area contributed by atoms with E-state index in [9.17, 15) is 4.79 Å². The molecular weight excluding hydrogens is 226 g/mol. The van der Waals surface area contributed by atoms with Crippen LogP contribution in [0.3, 0.4) is 0 Å². The van der Waals surface area contributed by atoms with E-state index in [-0.39, 0.29) is 12.1 Å². The molecule has 0 saturated heterocycles. The lowest BCUT2D eigenvalue weighted by atomic mass is 10.1. The lowest BCUT2D eigenvalue weighted by Crippen LogP contribution is -2.36. The highest BCUT2D eigenvalue weighted by Crippen LogP contribution is 2.09. The van der Waals surface area contributed by atoms with E-state index >= 15 is 0 Å². The maximum absolute atomic E-state index is 11.8. The van der Waals surface area contributed by atoms with Gasteiger partial charge in [0.05, 0.1) is 6.10 Å². The van der Waals surface area contributed by atoms with Crippen molar-refractivity contribution in [2.75, 3.05) is 0 Å². The molecule has 0 saturated carbocycles. The van der Waals surface area contributed by atoms with Gasteiger partial charge in [0.15, 0.2) is 0 Å². The molecule has 1 unspecified atom stereocenters. The van der Waals surface area contributed by atoms with Crippen LogP contribution < -0.4 is 5.73 Å². The van der Waals surface area contributed by atoms with Gasteiger partial charge in [-0.15, -0.1) is 0 Å². The van der Waals surface area contributed by atoms with Gasteiger partial charge in [-0.3, -0.25) is 4.79 Å². The molecule has 0 spiro atoms. The maximum atomic E-state index is 11.8. The van der Waals surface area contributed by atoms with Crippen LogP contribution in [0.2, 0.25) is 0 Å². The molecule has 100 valence electrons. The molecule has 0 bridgehead atoms. The Balaban J connectivity index is 2.42. The highest BCUT2D eigenvalue weighted by atomic mass is 16.5. The average molecular weight is 249 g/mol. The predicted octanol–water partition coefficient (Wildman–Crippen LogP) is 2.53. The fourth-order valence-corrected chi connectivity index (χ4v) is 1.95. The summed E-state index contributed by atoms with van der Waals surface area (Å²) >= 11 is 0. The van der Waals surface area contributed by atoms with Gasteiger partial charge < -0.3 is 10.5 Å². The van der Waals surface area contributed by atoms with Crippen LogP contribution in [0.15, 0.2) is 30.3 Å². The number of ether oxygens (including phenoxy) is 1. The number of hydrogen-bond acceptors (Lipinski definition) is 3. The molecule has 0 aliphatic heterocycles. The molecule has 0 aliphatic carbocycles. The standard InChI is InChI=1S/C15H23NO2/c1-11(2)9-12(3)18-15(17)14(16)10-13-7-5-4-6-8-13/h4-8,11-12,14H,9-10,16H2,1-3H3/t12?,14-/m1/s1. The average Bonchev–Trinajstić information content (AvgIpc) is 2.28. The molecule has 0 fully saturated rings. The summed E-state index contributed by atoms with van der Waals surface area (Å²) in [6.45, 7) is 6.12. The van der Waals surface area contributed by atoms with Crippen LogP contribution in [0, 0.1) is 5.92 Å². The van der Waals surface area contributed by atoms with E-state index < -0.39 is 6.04 Å². The number of carbonyl (C=O) groups is 1. The first-order chi connectivity index (χ1) is 8.49. The second kappa shape index (κ2) is 7.17. The van der Waals surface area contributed by atoms with Gasteiger partial charge in [0.25, 0.3) is 0 Å². The van der Waals surface area contributed by atoms with Gasteiger partial charge in [-0.05, 0) is 31.2 Å². The quantitative estimate of drug-likeness (QED) is 0.788. The van der Waals surface area contributed by atoms with E-state index in [2.05, 4.69) is 13.8 Å². The first-order valence-corrected chi connectivity index (χ1v) is 6.49. The van der Waals surface area contributed by atoms with E-state index in [1.807, 2.05) is 37.3 Å². The fraction of sp³-hybridized carbons (Fsp3) is 0.533. The molecule has 3 nitrogen and oxygen atoms in total. The first-order valence-electron chi connectivity index (χ1n) is 6.49. The highest BCUT2D eigenvalue weighted by molar-refractivity contribution is 5.76. The van der Waals surface area contributed by atoms with Crippen molar-refractivity contribution >= 4 is 5.97 Å². The zero-order valence-corrected chi connectivity index (χ0v) is 11.4. The third-order valence-electron chi connectivity index (χ3n) is 2.72. The molecule has 1 aromatic rings. The summed E-state index contributed by atoms with van der Waals surface area (Å²) in [7, 11) is 0. The zero-order valence-electron chi connectivity index (χ0n) is 11.4. The van der Waals surface area contributed by atoms with E-state index in [0.717, 1.165) is 12.0 Å². The van der Waals surface area contributed by atoms with Crippen molar-refractivity contribution in [3.8, 4) is 0 Å². The van der Waals surface area contributed by atoms with E-state index in [1.54, 1.807) is 0 Å². The molecule has 1 rings (SSSR count).